The Bertz CT molecular complexity index is 461. The number of nitrogens with one attached hydrogen (secondary N) is 1. The van der Waals surface area contributed by atoms with Crippen LogP contribution < -0.4 is 11.1 Å². The van der Waals surface area contributed by atoms with E-state index in [0.29, 0.717) is 23.8 Å². The van der Waals surface area contributed by atoms with Crippen molar-refractivity contribution < 1.29 is 4.79 Å². The third-order valence-corrected chi connectivity index (χ3v) is 3.41. The van der Waals surface area contributed by atoms with Crippen molar-refractivity contribution in [1.29, 1.82) is 0 Å². The van der Waals surface area contributed by atoms with E-state index in [-0.39, 0.29) is 6.03 Å². The number of rotatable bonds is 4. The Labute approximate surface area is 121 Å². The van der Waals surface area contributed by atoms with Gasteiger partial charge < -0.3 is 16.0 Å². The zero-order chi connectivity index (χ0) is 13.7. The molecule has 0 radical (unpaired) electrons. The van der Waals surface area contributed by atoms with E-state index in [0.717, 1.165) is 10.0 Å². The molecule has 3 N–H and O–H groups in total. The first-order valence-corrected chi connectivity index (χ1v) is 6.85. The molecule has 4 nitrogen and oxygen atoms in total. The van der Waals surface area contributed by atoms with Crippen LogP contribution in [0.4, 0.5) is 10.5 Å². The predicted octanol–water partition coefficient (Wildman–Crippen LogP) is 2.96. The molecule has 0 aliphatic heterocycles. The first kappa shape index (κ1) is 14.9. The molecule has 6 heteroatoms. The van der Waals surface area contributed by atoms with Crippen molar-refractivity contribution in [2.75, 3.05) is 18.4 Å². The SMILES string of the molecule is CCN(CC)C(=O)Nc1ccc(C(N)=S)c(Br)c1. The van der Waals surface area contributed by atoms with Crippen LogP contribution in [0, 0.1) is 0 Å². The number of hydrogen-bond donors (Lipinski definition) is 2. The Balaban J connectivity index is 2.83. The molecule has 0 atom stereocenters. The molecule has 0 spiro atoms. The molecular weight excluding hydrogens is 314 g/mol. The van der Waals surface area contributed by atoms with Crippen LogP contribution in [0.5, 0.6) is 0 Å². The van der Waals surface area contributed by atoms with Gasteiger partial charge in [-0.3, -0.25) is 0 Å². The van der Waals surface area contributed by atoms with Crippen molar-refractivity contribution in [2.45, 2.75) is 13.8 Å². The maximum atomic E-state index is 11.9. The summed E-state index contributed by atoms with van der Waals surface area (Å²) in [7, 11) is 0. The van der Waals surface area contributed by atoms with Crippen molar-refractivity contribution in [1.82, 2.24) is 4.90 Å². The van der Waals surface area contributed by atoms with E-state index in [2.05, 4.69) is 21.2 Å². The Morgan fingerprint density at radius 2 is 2.06 bits per heavy atom. The van der Waals surface area contributed by atoms with Gasteiger partial charge in [-0.05, 0) is 48.0 Å². The summed E-state index contributed by atoms with van der Waals surface area (Å²) in [6.45, 7) is 5.23. The second-order valence-electron chi connectivity index (χ2n) is 3.66. The van der Waals surface area contributed by atoms with Crippen molar-refractivity contribution >= 4 is 44.9 Å². The molecule has 0 heterocycles. The normalized spacial score (nSPS) is 9.94. The molecule has 2 amide bonds. The first-order chi connectivity index (χ1) is 8.49. The quantitative estimate of drug-likeness (QED) is 0.835. The fraction of sp³-hybridized carbons (Fsp3) is 0.333. The van der Waals surface area contributed by atoms with E-state index in [1.54, 1.807) is 23.1 Å². The van der Waals surface area contributed by atoms with E-state index >= 15 is 0 Å². The minimum absolute atomic E-state index is 0.116. The fourth-order valence-electron chi connectivity index (χ4n) is 1.51. The summed E-state index contributed by atoms with van der Waals surface area (Å²) in [4.78, 5) is 13.9. The van der Waals surface area contributed by atoms with Crippen molar-refractivity contribution in [3.05, 3.63) is 28.2 Å². The van der Waals surface area contributed by atoms with Gasteiger partial charge in [-0.1, -0.05) is 12.2 Å². The molecule has 98 valence electrons. The Morgan fingerprint density at radius 1 is 1.44 bits per heavy atom. The number of nitrogens with two attached hydrogens (primary N) is 1. The number of anilines is 1. The molecule has 0 saturated carbocycles. The predicted molar refractivity (Wildman–Crippen MR) is 82.0 cm³/mol. The van der Waals surface area contributed by atoms with Gasteiger partial charge in [0.25, 0.3) is 0 Å². The topological polar surface area (TPSA) is 58.4 Å². The van der Waals surface area contributed by atoms with E-state index in [4.69, 9.17) is 18.0 Å². The smallest absolute Gasteiger partial charge is 0.321 e. The number of halogens is 1. The number of nitrogens with zero attached hydrogens (tertiary/aromatic N) is 1. The molecular formula is C12H16BrN3OS. The van der Waals surface area contributed by atoms with Gasteiger partial charge in [-0.25, -0.2) is 4.79 Å². The third kappa shape index (κ3) is 3.68. The maximum Gasteiger partial charge on any atom is 0.321 e. The lowest BCUT2D eigenvalue weighted by Gasteiger charge is -2.19. The minimum Gasteiger partial charge on any atom is -0.389 e. The number of hydrogen-bond acceptors (Lipinski definition) is 2. The van der Waals surface area contributed by atoms with Gasteiger partial charge in [0.2, 0.25) is 0 Å². The largest absolute Gasteiger partial charge is 0.389 e. The van der Waals surface area contributed by atoms with Gasteiger partial charge in [-0.2, -0.15) is 0 Å². The average molecular weight is 330 g/mol. The second kappa shape index (κ2) is 6.70. The number of thiocarbonyl (C=S) groups is 1. The molecule has 18 heavy (non-hydrogen) atoms. The van der Waals surface area contributed by atoms with Crippen LogP contribution in [-0.2, 0) is 0 Å². The molecule has 0 bridgehead atoms. The molecule has 1 rings (SSSR count). The van der Waals surface area contributed by atoms with Gasteiger partial charge in [0.15, 0.2) is 0 Å². The molecule has 0 aliphatic carbocycles. The zero-order valence-corrected chi connectivity index (χ0v) is 12.8. The van der Waals surface area contributed by atoms with Crippen LogP contribution in [0.3, 0.4) is 0 Å². The molecule has 1 aromatic carbocycles. The lowest BCUT2D eigenvalue weighted by molar-refractivity contribution is 0.217. The Kier molecular flexibility index (Phi) is 5.55. The molecule has 1 aromatic rings. The van der Waals surface area contributed by atoms with Crippen LogP contribution in [0.2, 0.25) is 0 Å². The number of benzene rings is 1. The van der Waals surface area contributed by atoms with Crippen LogP contribution in [0.25, 0.3) is 0 Å². The van der Waals surface area contributed by atoms with Gasteiger partial charge in [0, 0.05) is 28.8 Å². The lowest BCUT2D eigenvalue weighted by atomic mass is 10.2. The number of carbonyl (C=O) groups is 1. The highest BCUT2D eigenvalue weighted by Gasteiger charge is 2.10. The highest BCUT2D eigenvalue weighted by Crippen LogP contribution is 2.21. The fourth-order valence-corrected chi connectivity index (χ4v) is 2.41. The molecule has 0 aromatic heterocycles. The monoisotopic (exact) mass is 329 g/mol. The van der Waals surface area contributed by atoms with E-state index in [9.17, 15) is 4.79 Å². The Morgan fingerprint density at radius 3 is 2.50 bits per heavy atom. The minimum atomic E-state index is -0.116. The molecule has 0 aliphatic rings. The molecule has 0 unspecified atom stereocenters. The lowest BCUT2D eigenvalue weighted by Crippen LogP contribution is -2.34. The highest BCUT2D eigenvalue weighted by molar-refractivity contribution is 9.10. The summed E-state index contributed by atoms with van der Waals surface area (Å²) in [6, 6.07) is 5.23. The van der Waals surface area contributed by atoms with Crippen LogP contribution in [-0.4, -0.2) is 29.0 Å². The number of amides is 2. The van der Waals surface area contributed by atoms with Gasteiger partial charge in [-0.15, -0.1) is 0 Å². The van der Waals surface area contributed by atoms with Crippen LogP contribution >= 0.6 is 28.1 Å². The maximum absolute atomic E-state index is 11.9. The zero-order valence-electron chi connectivity index (χ0n) is 10.4. The van der Waals surface area contributed by atoms with Crippen molar-refractivity contribution in [3.8, 4) is 0 Å². The summed E-state index contributed by atoms with van der Waals surface area (Å²) in [6.07, 6.45) is 0. The number of carbonyl (C=O) groups excluding carboxylic acids is 1. The van der Waals surface area contributed by atoms with Crippen LogP contribution in [0.15, 0.2) is 22.7 Å². The molecule has 0 fully saturated rings. The average Bonchev–Trinajstić information content (AvgIpc) is 2.30. The summed E-state index contributed by atoms with van der Waals surface area (Å²) < 4.78 is 0.771. The number of urea groups is 1. The van der Waals surface area contributed by atoms with Crippen molar-refractivity contribution in [3.63, 3.8) is 0 Å². The van der Waals surface area contributed by atoms with Gasteiger partial charge in [0.05, 0.1) is 0 Å². The van der Waals surface area contributed by atoms with Gasteiger partial charge in [0.1, 0.15) is 4.99 Å². The third-order valence-electron chi connectivity index (χ3n) is 2.54. The second-order valence-corrected chi connectivity index (χ2v) is 4.96. The summed E-state index contributed by atoms with van der Waals surface area (Å²) in [5, 5.41) is 2.82. The van der Waals surface area contributed by atoms with Gasteiger partial charge >= 0.3 is 6.03 Å². The summed E-state index contributed by atoms with van der Waals surface area (Å²) in [5.41, 5.74) is 7.03. The van der Waals surface area contributed by atoms with E-state index in [1.165, 1.54) is 0 Å². The molecule has 0 saturated heterocycles. The standard InChI is InChI=1S/C12H16BrN3OS/c1-3-16(4-2)12(17)15-8-5-6-9(11(14)18)10(13)7-8/h5-7H,3-4H2,1-2H3,(H2,14,18)(H,15,17). The summed E-state index contributed by atoms with van der Waals surface area (Å²) in [5.74, 6) is 0. The van der Waals surface area contributed by atoms with Crippen molar-refractivity contribution in [2.24, 2.45) is 5.73 Å². The Hall–Kier alpha value is -1.14. The first-order valence-electron chi connectivity index (χ1n) is 5.64. The van der Waals surface area contributed by atoms with Crippen LogP contribution in [0.1, 0.15) is 19.4 Å². The van der Waals surface area contributed by atoms with E-state index < -0.39 is 0 Å². The van der Waals surface area contributed by atoms with E-state index in [1.807, 2.05) is 13.8 Å². The highest BCUT2D eigenvalue weighted by atomic mass is 79.9. The summed E-state index contributed by atoms with van der Waals surface area (Å²) >= 11 is 8.29.